The highest BCUT2D eigenvalue weighted by molar-refractivity contribution is 6.23. The van der Waals surface area contributed by atoms with Crippen molar-refractivity contribution in [1.82, 2.24) is 10.2 Å². The van der Waals surface area contributed by atoms with Gasteiger partial charge in [0.25, 0.3) is 5.69 Å². The van der Waals surface area contributed by atoms with Crippen LogP contribution in [0.15, 0.2) is 146 Å². The van der Waals surface area contributed by atoms with Crippen LogP contribution in [0.4, 0.5) is 16.2 Å². The molecule has 0 aromatic heterocycles. The number of amides is 3. The smallest absolute Gasteiger partial charge is 0.421 e. The second-order valence-electron chi connectivity index (χ2n) is 14.6. The maximum absolute atomic E-state index is 15.9. The molecule has 14 heteroatoms. The first kappa shape index (κ1) is 39.7. The molecule has 2 N–H and O–H groups in total. The summed E-state index contributed by atoms with van der Waals surface area (Å²) in [6, 6.07) is 34.3. The lowest BCUT2D eigenvalue weighted by Crippen LogP contribution is -2.55. The number of carbonyl (C=O) groups is 4. The number of esters is 1. The number of nitro groups is 1. The van der Waals surface area contributed by atoms with Crippen molar-refractivity contribution in [2.24, 2.45) is 5.92 Å². The number of non-ortho nitro benzene ring substituents is 1. The molecule has 8 rings (SSSR count). The molecule has 3 aliphatic rings. The van der Waals surface area contributed by atoms with Gasteiger partial charge in [-0.2, -0.15) is 0 Å². The summed E-state index contributed by atoms with van der Waals surface area (Å²) in [5.74, 6) is -3.32. The summed E-state index contributed by atoms with van der Waals surface area (Å²) >= 11 is 0. The fraction of sp³-hybridized carbons (Fsp3) is 0.217. The number of para-hydroxylation sites is 1. The number of carbonyl (C=O) groups excluding carboxylic acids is 4. The molecule has 0 bridgehead atoms. The number of hydrogen-bond donors (Lipinski definition) is 2. The first-order chi connectivity index (χ1) is 29.2. The third-order valence-corrected chi connectivity index (χ3v) is 11.3. The number of aliphatic hydroxyl groups is 1. The summed E-state index contributed by atoms with van der Waals surface area (Å²) in [5, 5.41) is 23.8. The molecule has 304 valence electrons. The number of hydrogen-bond acceptors (Lipinski definition) is 11. The minimum absolute atomic E-state index is 0.00785. The van der Waals surface area contributed by atoms with Gasteiger partial charge in [0.05, 0.1) is 35.2 Å². The Bertz CT molecular complexity index is 2450. The Morgan fingerprint density at radius 2 is 1.53 bits per heavy atom. The number of imide groups is 1. The Balaban J connectivity index is 1.36. The largest absolute Gasteiger partial charge is 0.491 e. The van der Waals surface area contributed by atoms with Crippen molar-refractivity contribution < 1.29 is 43.4 Å². The van der Waals surface area contributed by atoms with Crippen LogP contribution < -0.4 is 15.0 Å². The molecule has 0 saturated carbocycles. The zero-order chi connectivity index (χ0) is 42.0. The van der Waals surface area contributed by atoms with Gasteiger partial charge in [0, 0.05) is 18.7 Å². The van der Waals surface area contributed by atoms with Gasteiger partial charge in [-0.1, -0.05) is 97.1 Å². The van der Waals surface area contributed by atoms with E-state index in [4.69, 9.17) is 14.2 Å². The normalized spacial score (nSPS) is 23.0. The van der Waals surface area contributed by atoms with Crippen LogP contribution in [0.1, 0.15) is 46.0 Å². The van der Waals surface area contributed by atoms with E-state index in [0.717, 1.165) is 10.5 Å². The Morgan fingerprint density at radius 3 is 2.22 bits per heavy atom. The van der Waals surface area contributed by atoms with Crippen LogP contribution in [-0.2, 0) is 35.9 Å². The Labute approximate surface area is 344 Å². The third-order valence-electron chi connectivity index (χ3n) is 11.3. The lowest BCUT2D eigenvalue weighted by Gasteiger charge is -2.46. The van der Waals surface area contributed by atoms with Crippen molar-refractivity contribution in [1.29, 1.82) is 0 Å². The van der Waals surface area contributed by atoms with Crippen molar-refractivity contribution in [3.63, 3.8) is 0 Å². The van der Waals surface area contributed by atoms with Crippen LogP contribution in [0.3, 0.4) is 0 Å². The molecule has 1 spiro atoms. The first-order valence-electron chi connectivity index (χ1n) is 19.3. The van der Waals surface area contributed by atoms with E-state index < -0.39 is 64.4 Å². The van der Waals surface area contributed by atoms with E-state index in [0.29, 0.717) is 28.0 Å². The molecule has 2 fully saturated rings. The fourth-order valence-electron chi connectivity index (χ4n) is 8.99. The average molecular weight is 809 g/mol. The van der Waals surface area contributed by atoms with Crippen LogP contribution in [0, 0.1) is 16.0 Å². The summed E-state index contributed by atoms with van der Waals surface area (Å²) in [7, 11) is 0. The predicted octanol–water partition coefficient (Wildman–Crippen LogP) is 6.27. The Hall–Kier alpha value is -7.16. The first-order valence-corrected chi connectivity index (χ1v) is 19.3. The summed E-state index contributed by atoms with van der Waals surface area (Å²) in [6.07, 6.45) is -0.475. The molecule has 6 atom stereocenters. The lowest BCUT2D eigenvalue weighted by atomic mass is 9.65. The van der Waals surface area contributed by atoms with E-state index in [9.17, 15) is 29.6 Å². The summed E-state index contributed by atoms with van der Waals surface area (Å²) in [4.78, 5) is 73.7. The Morgan fingerprint density at radius 1 is 0.867 bits per heavy atom. The van der Waals surface area contributed by atoms with Crippen LogP contribution in [0.2, 0.25) is 0 Å². The molecule has 0 aliphatic carbocycles. The number of cyclic esters (lactones) is 1. The number of rotatable bonds is 12. The number of ether oxygens (including phenoxy) is 3. The number of nitrogens with zero attached hydrogens (tertiary/aromatic N) is 3. The number of nitro benzene ring substituents is 1. The number of morpholine rings is 1. The summed E-state index contributed by atoms with van der Waals surface area (Å²) in [5.41, 5.74) is 0.668. The highest BCUT2D eigenvalue weighted by atomic mass is 16.6. The van der Waals surface area contributed by atoms with Gasteiger partial charge in [-0.3, -0.25) is 29.4 Å². The van der Waals surface area contributed by atoms with Gasteiger partial charge in [0.1, 0.15) is 36.5 Å². The van der Waals surface area contributed by atoms with E-state index in [1.807, 2.05) is 65.6 Å². The topological polar surface area (TPSA) is 178 Å². The number of aliphatic hydroxyl groups excluding tert-OH is 1. The lowest BCUT2D eigenvalue weighted by molar-refractivity contribution is -0.384. The molecule has 3 aliphatic heterocycles. The van der Waals surface area contributed by atoms with Gasteiger partial charge >= 0.3 is 12.1 Å². The molecule has 2 saturated heterocycles. The van der Waals surface area contributed by atoms with E-state index in [1.165, 1.54) is 30.3 Å². The SMILES string of the molecule is C=CCNC(=O)C1C2C(=O)OC(c3ccccc3)C(c3ccccc3)N2C(c2cccc(OCCO)c2)C12C(=O)N(C(=O)OCc1ccc([N+](=O)[O-])cc1)c1ccccc12. The van der Waals surface area contributed by atoms with Gasteiger partial charge < -0.3 is 24.6 Å². The number of nitrogens with one attached hydrogen (secondary N) is 1. The van der Waals surface area contributed by atoms with Crippen LogP contribution >= 0.6 is 0 Å². The summed E-state index contributed by atoms with van der Waals surface area (Å²) < 4.78 is 18.1. The molecule has 3 heterocycles. The van der Waals surface area contributed by atoms with E-state index in [-0.39, 0.29) is 37.7 Å². The molecule has 60 heavy (non-hydrogen) atoms. The second kappa shape index (κ2) is 16.6. The summed E-state index contributed by atoms with van der Waals surface area (Å²) in [6.45, 7) is 3.15. The van der Waals surface area contributed by atoms with Crippen molar-refractivity contribution in [2.75, 3.05) is 24.7 Å². The molecular formula is C46H40N4O10. The van der Waals surface area contributed by atoms with Crippen molar-refractivity contribution in [3.8, 4) is 5.75 Å². The van der Waals surface area contributed by atoms with Gasteiger partial charge in [0.15, 0.2) is 0 Å². The maximum Gasteiger partial charge on any atom is 0.421 e. The van der Waals surface area contributed by atoms with Gasteiger partial charge in [0.2, 0.25) is 11.8 Å². The molecule has 3 amide bonds. The van der Waals surface area contributed by atoms with E-state index >= 15 is 4.79 Å². The molecule has 5 aromatic rings. The van der Waals surface area contributed by atoms with Crippen molar-refractivity contribution in [3.05, 3.63) is 184 Å². The fourth-order valence-corrected chi connectivity index (χ4v) is 8.99. The molecule has 5 aromatic carbocycles. The number of anilines is 1. The average Bonchev–Trinajstić information content (AvgIpc) is 3.74. The van der Waals surface area contributed by atoms with Gasteiger partial charge in [-0.05, 0) is 58.1 Å². The highest BCUT2D eigenvalue weighted by Crippen LogP contribution is 2.66. The molecular weight excluding hydrogens is 769 g/mol. The highest BCUT2D eigenvalue weighted by Gasteiger charge is 2.75. The Kier molecular flexibility index (Phi) is 11.0. The van der Waals surface area contributed by atoms with Gasteiger partial charge in [-0.15, -0.1) is 6.58 Å². The monoisotopic (exact) mass is 808 g/mol. The van der Waals surface area contributed by atoms with E-state index in [1.54, 1.807) is 48.5 Å². The molecule has 6 unspecified atom stereocenters. The van der Waals surface area contributed by atoms with Crippen LogP contribution in [-0.4, -0.2) is 64.6 Å². The zero-order valence-electron chi connectivity index (χ0n) is 32.2. The van der Waals surface area contributed by atoms with Gasteiger partial charge in [-0.25, -0.2) is 9.69 Å². The molecule has 14 nitrogen and oxygen atoms in total. The van der Waals surface area contributed by atoms with Crippen LogP contribution in [0.25, 0.3) is 0 Å². The third kappa shape index (κ3) is 6.74. The van der Waals surface area contributed by atoms with Crippen molar-refractivity contribution in [2.45, 2.75) is 36.3 Å². The second-order valence-corrected chi connectivity index (χ2v) is 14.6. The quantitative estimate of drug-likeness (QED) is 0.0629. The predicted molar refractivity (Wildman–Crippen MR) is 217 cm³/mol. The number of benzene rings is 5. The number of fused-ring (bicyclic) bond motifs is 3. The van der Waals surface area contributed by atoms with Crippen molar-refractivity contribution >= 4 is 35.3 Å². The van der Waals surface area contributed by atoms with Crippen LogP contribution in [0.5, 0.6) is 5.75 Å². The zero-order valence-corrected chi connectivity index (χ0v) is 32.2. The molecule has 0 radical (unpaired) electrons. The minimum atomic E-state index is -1.98. The minimum Gasteiger partial charge on any atom is -0.491 e. The maximum atomic E-state index is 15.9. The standard InChI is InChI=1S/C46H40N4O10/c1-2-24-47-42(52)37-39-43(53)60-40(31-14-7-4-8-15-31)38(30-12-5-3-6-13-30)49(39)41(32-16-11-17-34(27-32)58-26-25-51)46(37)35-18-9-10-19-36(35)48(44(46)54)45(55)59-28-29-20-22-33(23-21-29)50(56)57/h2-23,27,37-41,51H,1,24-26,28H2,(H,47,52). The van der Waals surface area contributed by atoms with E-state index in [2.05, 4.69) is 11.9 Å².